The fourth-order valence-corrected chi connectivity index (χ4v) is 1.29. The number of nitrogens with zero attached hydrogens (tertiary/aromatic N) is 1. The Kier molecular flexibility index (Phi) is 2.65. The highest BCUT2D eigenvalue weighted by molar-refractivity contribution is 14.1. The Bertz CT molecular complexity index is 306. The Labute approximate surface area is 80.7 Å². The number of hydrogen-bond acceptors (Lipinski definition) is 3. The summed E-state index contributed by atoms with van der Waals surface area (Å²) in [6, 6.07) is 1.32. The minimum atomic E-state index is -2.80. The van der Waals surface area contributed by atoms with Crippen molar-refractivity contribution in [3.05, 3.63) is 15.5 Å². The average Bonchev–Trinajstić information content (AvgIpc) is 1.96. The summed E-state index contributed by atoms with van der Waals surface area (Å²) in [5.74, 6) is -0.634. The van der Waals surface area contributed by atoms with E-state index in [1.807, 2.05) is 0 Å². The summed E-state index contributed by atoms with van der Waals surface area (Å²) in [4.78, 5) is 3.44. The van der Waals surface area contributed by atoms with Crippen molar-refractivity contribution in [3.8, 4) is 5.75 Å². The molecular weight excluding hydrogens is 281 g/mol. The van der Waals surface area contributed by atoms with Gasteiger partial charge < -0.3 is 10.8 Å². The largest absolute Gasteiger partial charge is 0.504 e. The van der Waals surface area contributed by atoms with Gasteiger partial charge in [-0.05, 0) is 28.7 Å². The topological polar surface area (TPSA) is 59.1 Å². The van der Waals surface area contributed by atoms with Crippen LogP contribution >= 0.6 is 22.6 Å². The Morgan fingerprint density at radius 3 is 2.67 bits per heavy atom. The molecule has 6 heteroatoms. The first-order valence-electron chi connectivity index (χ1n) is 2.95. The van der Waals surface area contributed by atoms with E-state index in [2.05, 4.69) is 4.98 Å². The van der Waals surface area contributed by atoms with Gasteiger partial charge in [-0.1, -0.05) is 0 Å². The summed E-state index contributed by atoms with van der Waals surface area (Å²) < 4.78 is 24.5. The van der Waals surface area contributed by atoms with E-state index in [-0.39, 0.29) is 5.69 Å². The zero-order chi connectivity index (χ0) is 9.30. The summed E-state index contributed by atoms with van der Waals surface area (Å²) in [7, 11) is 0. The lowest BCUT2D eigenvalue weighted by Crippen LogP contribution is -1.97. The van der Waals surface area contributed by atoms with E-state index in [1.165, 1.54) is 6.07 Å². The van der Waals surface area contributed by atoms with Crippen molar-refractivity contribution < 1.29 is 13.9 Å². The number of aromatic nitrogens is 1. The first-order chi connectivity index (χ1) is 5.52. The van der Waals surface area contributed by atoms with Gasteiger partial charge >= 0.3 is 0 Å². The van der Waals surface area contributed by atoms with Crippen molar-refractivity contribution in [2.24, 2.45) is 0 Å². The first kappa shape index (κ1) is 9.43. The standard InChI is InChI=1S/C6H5F2IN2O/c7-6(8)4-5(12)2(10)1-3(9)11-4/h1,6,12H,(H2,10,11). The summed E-state index contributed by atoms with van der Waals surface area (Å²) >= 11 is 1.75. The Morgan fingerprint density at radius 1 is 1.58 bits per heavy atom. The van der Waals surface area contributed by atoms with Crippen LogP contribution in [0.1, 0.15) is 12.1 Å². The summed E-state index contributed by atoms with van der Waals surface area (Å²) in [5.41, 5.74) is 4.48. The number of pyridine rings is 1. The van der Waals surface area contributed by atoms with Crippen LogP contribution in [-0.2, 0) is 0 Å². The molecule has 66 valence electrons. The van der Waals surface area contributed by atoms with Crippen LogP contribution in [0.4, 0.5) is 14.5 Å². The molecule has 0 amide bonds. The fourth-order valence-electron chi connectivity index (χ4n) is 0.697. The van der Waals surface area contributed by atoms with Gasteiger partial charge in [0.05, 0.1) is 5.69 Å². The van der Waals surface area contributed by atoms with Gasteiger partial charge in [-0.3, -0.25) is 0 Å². The monoisotopic (exact) mass is 286 g/mol. The highest BCUT2D eigenvalue weighted by Crippen LogP contribution is 2.31. The van der Waals surface area contributed by atoms with Crippen molar-refractivity contribution in [1.29, 1.82) is 0 Å². The number of halogens is 3. The highest BCUT2D eigenvalue weighted by atomic mass is 127. The Morgan fingerprint density at radius 2 is 2.17 bits per heavy atom. The molecule has 0 aliphatic carbocycles. The van der Waals surface area contributed by atoms with Crippen molar-refractivity contribution in [1.82, 2.24) is 4.98 Å². The van der Waals surface area contributed by atoms with Gasteiger partial charge in [0.1, 0.15) is 3.70 Å². The molecule has 12 heavy (non-hydrogen) atoms. The lowest BCUT2D eigenvalue weighted by Gasteiger charge is -2.05. The van der Waals surface area contributed by atoms with Crippen LogP contribution in [0.5, 0.6) is 5.75 Å². The molecule has 3 N–H and O–H groups in total. The first-order valence-corrected chi connectivity index (χ1v) is 4.03. The molecule has 0 atom stereocenters. The number of alkyl halides is 2. The van der Waals surface area contributed by atoms with Crippen LogP contribution in [0.3, 0.4) is 0 Å². The Balaban J connectivity index is 3.28. The minimum Gasteiger partial charge on any atom is -0.504 e. The number of hydrogen-bond donors (Lipinski definition) is 2. The molecule has 0 unspecified atom stereocenters. The third kappa shape index (κ3) is 1.74. The molecule has 0 saturated carbocycles. The van der Waals surface area contributed by atoms with Crippen LogP contribution in [-0.4, -0.2) is 10.1 Å². The van der Waals surface area contributed by atoms with E-state index in [1.54, 1.807) is 22.6 Å². The number of anilines is 1. The van der Waals surface area contributed by atoms with Gasteiger partial charge in [0.25, 0.3) is 6.43 Å². The maximum Gasteiger partial charge on any atom is 0.284 e. The molecule has 0 saturated heterocycles. The van der Waals surface area contributed by atoms with Crippen LogP contribution in [0.15, 0.2) is 6.07 Å². The Hall–Kier alpha value is -0.660. The minimum absolute atomic E-state index is 0.0790. The second kappa shape index (κ2) is 3.38. The molecule has 0 bridgehead atoms. The second-order valence-electron chi connectivity index (χ2n) is 2.07. The van der Waals surface area contributed by atoms with Crippen LogP contribution in [0.2, 0.25) is 0 Å². The lowest BCUT2D eigenvalue weighted by atomic mass is 10.3. The normalized spacial score (nSPS) is 10.7. The molecule has 1 heterocycles. The highest BCUT2D eigenvalue weighted by Gasteiger charge is 2.17. The van der Waals surface area contributed by atoms with Crippen LogP contribution < -0.4 is 5.73 Å². The third-order valence-corrected chi connectivity index (χ3v) is 1.78. The zero-order valence-corrected chi connectivity index (χ0v) is 7.92. The van der Waals surface area contributed by atoms with Gasteiger partial charge in [-0.15, -0.1) is 0 Å². The summed E-state index contributed by atoms with van der Waals surface area (Å²) in [5, 5.41) is 9.02. The number of nitrogens with two attached hydrogens (primary N) is 1. The molecule has 1 aromatic heterocycles. The van der Waals surface area contributed by atoms with E-state index in [9.17, 15) is 8.78 Å². The maximum absolute atomic E-state index is 12.1. The molecule has 0 radical (unpaired) electrons. The van der Waals surface area contributed by atoms with Gasteiger partial charge in [0, 0.05) is 0 Å². The summed E-state index contributed by atoms with van der Waals surface area (Å²) in [6.07, 6.45) is -2.80. The van der Waals surface area contributed by atoms with E-state index < -0.39 is 17.9 Å². The smallest absolute Gasteiger partial charge is 0.284 e. The molecular formula is C6H5F2IN2O. The van der Waals surface area contributed by atoms with Crippen molar-refractivity contribution >= 4 is 28.3 Å². The van der Waals surface area contributed by atoms with E-state index in [0.717, 1.165) is 0 Å². The van der Waals surface area contributed by atoms with Gasteiger partial charge in [-0.2, -0.15) is 0 Å². The predicted molar refractivity (Wildman–Crippen MR) is 48.0 cm³/mol. The van der Waals surface area contributed by atoms with Gasteiger partial charge in [0.15, 0.2) is 11.4 Å². The molecule has 1 rings (SSSR count). The van der Waals surface area contributed by atoms with Gasteiger partial charge in [0.2, 0.25) is 0 Å². The van der Waals surface area contributed by atoms with Crippen molar-refractivity contribution in [2.45, 2.75) is 6.43 Å². The van der Waals surface area contributed by atoms with Crippen LogP contribution in [0.25, 0.3) is 0 Å². The summed E-state index contributed by atoms with van der Waals surface area (Å²) in [6.45, 7) is 0. The molecule has 1 aromatic rings. The molecule has 3 nitrogen and oxygen atoms in total. The number of rotatable bonds is 1. The number of nitrogen functional groups attached to an aromatic ring is 1. The lowest BCUT2D eigenvalue weighted by molar-refractivity contribution is 0.142. The zero-order valence-electron chi connectivity index (χ0n) is 5.76. The molecule has 0 aliphatic heterocycles. The fraction of sp³-hybridized carbons (Fsp3) is 0.167. The molecule has 0 aromatic carbocycles. The molecule has 0 aliphatic rings. The predicted octanol–water partition coefficient (Wildman–Crippen LogP) is 1.91. The SMILES string of the molecule is Nc1cc(I)nc(C(F)F)c1O. The van der Waals surface area contributed by atoms with Gasteiger partial charge in [-0.25, -0.2) is 13.8 Å². The average molecular weight is 286 g/mol. The molecule has 0 fully saturated rings. The quantitative estimate of drug-likeness (QED) is 0.612. The van der Waals surface area contributed by atoms with Crippen LogP contribution in [0, 0.1) is 3.70 Å². The van der Waals surface area contributed by atoms with E-state index >= 15 is 0 Å². The van der Waals surface area contributed by atoms with Crippen molar-refractivity contribution in [2.75, 3.05) is 5.73 Å². The number of aromatic hydroxyl groups is 1. The van der Waals surface area contributed by atoms with E-state index in [4.69, 9.17) is 10.8 Å². The third-order valence-electron chi connectivity index (χ3n) is 1.22. The van der Waals surface area contributed by atoms with E-state index in [0.29, 0.717) is 3.70 Å². The maximum atomic E-state index is 12.1. The molecule has 0 spiro atoms. The van der Waals surface area contributed by atoms with Crippen molar-refractivity contribution in [3.63, 3.8) is 0 Å². The second-order valence-corrected chi connectivity index (χ2v) is 3.17.